The summed E-state index contributed by atoms with van der Waals surface area (Å²) in [7, 11) is -1.89. The fraction of sp³-hybridized carbons (Fsp3) is 0.458. The zero-order valence-electron chi connectivity index (χ0n) is 18.6. The summed E-state index contributed by atoms with van der Waals surface area (Å²) in [5.41, 5.74) is 8.08. The number of ether oxygens (including phenoxy) is 1. The molecule has 1 amide bonds. The van der Waals surface area contributed by atoms with E-state index in [1.165, 1.54) is 13.4 Å². The number of carbonyl (C=O) groups is 1. The lowest BCUT2D eigenvalue weighted by molar-refractivity contribution is 0.0844. The molecule has 0 radical (unpaired) electrons. The maximum Gasteiger partial charge on any atom is 0.409 e. The van der Waals surface area contributed by atoms with Crippen LogP contribution in [0, 0.1) is 0 Å². The molecular weight excluding hydrogens is 448 g/mol. The SMILES string of the molecule is COC(=O)N(CCc1cccc(S(C)(=O)=O)c1)C1CCC(CN)(c2cccc(Cl)c2)CC1. The van der Waals surface area contributed by atoms with Crippen molar-refractivity contribution in [3.63, 3.8) is 0 Å². The molecule has 6 nitrogen and oxygen atoms in total. The largest absolute Gasteiger partial charge is 0.453 e. The van der Waals surface area contributed by atoms with E-state index >= 15 is 0 Å². The van der Waals surface area contributed by atoms with Crippen molar-refractivity contribution in [2.75, 3.05) is 26.5 Å². The van der Waals surface area contributed by atoms with E-state index in [-0.39, 0.29) is 22.4 Å². The summed E-state index contributed by atoms with van der Waals surface area (Å²) in [6, 6.07) is 14.8. The van der Waals surface area contributed by atoms with Crippen LogP contribution in [0.2, 0.25) is 5.02 Å². The monoisotopic (exact) mass is 478 g/mol. The zero-order valence-corrected chi connectivity index (χ0v) is 20.2. The molecule has 2 N–H and O–H groups in total. The van der Waals surface area contributed by atoms with Gasteiger partial charge in [0.25, 0.3) is 0 Å². The first-order valence-electron chi connectivity index (χ1n) is 10.8. The van der Waals surface area contributed by atoms with E-state index in [4.69, 9.17) is 22.1 Å². The summed E-state index contributed by atoms with van der Waals surface area (Å²) >= 11 is 6.21. The Morgan fingerprint density at radius 3 is 2.47 bits per heavy atom. The lowest BCUT2D eigenvalue weighted by Crippen LogP contribution is -2.48. The van der Waals surface area contributed by atoms with E-state index in [9.17, 15) is 13.2 Å². The van der Waals surface area contributed by atoms with Gasteiger partial charge in [0.1, 0.15) is 0 Å². The molecule has 0 spiro atoms. The quantitative estimate of drug-likeness (QED) is 0.644. The molecule has 0 bridgehead atoms. The highest BCUT2D eigenvalue weighted by Crippen LogP contribution is 2.41. The van der Waals surface area contributed by atoms with Crippen LogP contribution in [0.5, 0.6) is 0 Å². The fourth-order valence-corrected chi connectivity index (χ4v) is 5.50. The summed E-state index contributed by atoms with van der Waals surface area (Å²) in [5, 5.41) is 0.699. The third-order valence-electron chi connectivity index (χ3n) is 6.56. The average Bonchev–Trinajstić information content (AvgIpc) is 2.79. The molecule has 2 aromatic rings. The molecule has 3 rings (SSSR count). The number of sulfone groups is 1. The number of carbonyl (C=O) groups excluding carboxylic acids is 1. The van der Waals surface area contributed by atoms with Crippen LogP contribution < -0.4 is 5.73 Å². The molecule has 174 valence electrons. The number of nitrogens with two attached hydrogens (primary N) is 1. The molecule has 0 aromatic heterocycles. The van der Waals surface area contributed by atoms with Crippen molar-refractivity contribution in [1.29, 1.82) is 0 Å². The van der Waals surface area contributed by atoms with Gasteiger partial charge in [0.05, 0.1) is 12.0 Å². The first-order chi connectivity index (χ1) is 15.2. The maximum atomic E-state index is 12.6. The van der Waals surface area contributed by atoms with Crippen molar-refractivity contribution < 1.29 is 17.9 Å². The Labute approximate surface area is 195 Å². The lowest BCUT2D eigenvalue weighted by atomic mass is 9.68. The number of rotatable bonds is 7. The van der Waals surface area contributed by atoms with E-state index in [0.717, 1.165) is 36.8 Å². The van der Waals surface area contributed by atoms with Crippen LogP contribution in [-0.2, 0) is 26.4 Å². The summed E-state index contributed by atoms with van der Waals surface area (Å²) in [5.74, 6) is 0. The predicted octanol–water partition coefficient (Wildman–Crippen LogP) is 4.19. The Hall–Kier alpha value is -2.09. The summed E-state index contributed by atoms with van der Waals surface area (Å²) in [6.45, 7) is 0.980. The van der Waals surface area contributed by atoms with Gasteiger partial charge < -0.3 is 15.4 Å². The maximum absolute atomic E-state index is 12.6. The highest BCUT2D eigenvalue weighted by Gasteiger charge is 2.38. The van der Waals surface area contributed by atoms with Gasteiger partial charge in [0.2, 0.25) is 0 Å². The number of hydrogen-bond donors (Lipinski definition) is 1. The minimum Gasteiger partial charge on any atom is -0.453 e. The smallest absolute Gasteiger partial charge is 0.409 e. The molecule has 2 aromatic carbocycles. The van der Waals surface area contributed by atoms with Gasteiger partial charge in [-0.25, -0.2) is 13.2 Å². The molecule has 1 fully saturated rings. The predicted molar refractivity (Wildman–Crippen MR) is 127 cm³/mol. The molecule has 0 unspecified atom stereocenters. The van der Waals surface area contributed by atoms with Crippen LogP contribution in [0.4, 0.5) is 4.79 Å². The minimum absolute atomic E-state index is 0.0411. The number of methoxy groups -OCH3 is 1. The molecule has 8 heteroatoms. The Balaban J connectivity index is 1.72. The van der Waals surface area contributed by atoms with E-state index in [0.29, 0.717) is 24.5 Å². The van der Waals surface area contributed by atoms with Crippen LogP contribution in [0.15, 0.2) is 53.4 Å². The standard InChI is InChI=1S/C24H31ClN2O4S/c1-31-23(28)27(14-11-18-5-3-8-22(15-18)32(2,29)30)21-9-12-24(17-26,13-10-21)19-6-4-7-20(25)16-19/h3-8,15-16,21H,9-14,17,26H2,1-2H3. The minimum atomic E-state index is -3.28. The number of nitrogens with zero attached hydrogens (tertiary/aromatic N) is 1. The van der Waals surface area contributed by atoms with Gasteiger partial charge in [-0.3, -0.25) is 0 Å². The molecule has 0 saturated heterocycles. The molecule has 1 aliphatic carbocycles. The Kier molecular flexibility index (Phi) is 7.85. The van der Waals surface area contributed by atoms with Gasteiger partial charge in [-0.2, -0.15) is 0 Å². The van der Waals surface area contributed by atoms with Crippen LogP contribution in [0.1, 0.15) is 36.8 Å². The lowest BCUT2D eigenvalue weighted by Gasteiger charge is -2.43. The van der Waals surface area contributed by atoms with Crippen LogP contribution in [-0.4, -0.2) is 51.9 Å². The van der Waals surface area contributed by atoms with Crippen molar-refractivity contribution in [2.45, 2.75) is 48.5 Å². The molecule has 32 heavy (non-hydrogen) atoms. The van der Waals surface area contributed by atoms with Crippen molar-refractivity contribution in [3.8, 4) is 0 Å². The number of halogens is 1. The van der Waals surface area contributed by atoms with E-state index in [1.54, 1.807) is 23.1 Å². The zero-order chi connectivity index (χ0) is 23.4. The number of benzene rings is 2. The Bertz CT molecular complexity index is 1050. The van der Waals surface area contributed by atoms with Crippen LogP contribution in [0.25, 0.3) is 0 Å². The van der Waals surface area contributed by atoms with Crippen molar-refractivity contribution >= 4 is 27.5 Å². The van der Waals surface area contributed by atoms with Gasteiger partial charge in [-0.05, 0) is 67.5 Å². The number of amides is 1. The first-order valence-corrected chi connectivity index (χ1v) is 13.1. The van der Waals surface area contributed by atoms with Crippen molar-refractivity contribution in [1.82, 2.24) is 4.90 Å². The normalized spacial score (nSPS) is 21.2. The summed E-state index contributed by atoms with van der Waals surface area (Å²) < 4.78 is 28.8. The summed E-state index contributed by atoms with van der Waals surface area (Å²) in [4.78, 5) is 14.6. The van der Waals surface area contributed by atoms with Gasteiger partial charge >= 0.3 is 6.09 Å². The molecular formula is C24H31ClN2O4S. The second-order valence-corrected chi connectivity index (χ2v) is 11.0. The molecule has 0 atom stereocenters. The molecule has 0 aliphatic heterocycles. The number of hydrogen-bond acceptors (Lipinski definition) is 5. The highest BCUT2D eigenvalue weighted by atomic mass is 35.5. The fourth-order valence-electron chi connectivity index (χ4n) is 4.62. The van der Waals surface area contributed by atoms with Gasteiger partial charge in [0, 0.05) is 35.8 Å². The van der Waals surface area contributed by atoms with E-state index in [2.05, 4.69) is 6.07 Å². The second-order valence-electron chi connectivity index (χ2n) is 8.56. The third kappa shape index (κ3) is 5.63. The highest BCUT2D eigenvalue weighted by molar-refractivity contribution is 7.90. The molecule has 0 heterocycles. The Morgan fingerprint density at radius 1 is 1.19 bits per heavy atom. The van der Waals surface area contributed by atoms with E-state index in [1.807, 2.05) is 24.3 Å². The second kappa shape index (κ2) is 10.2. The molecule has 1 saturated carbocycles. The van der Waals surface area contributed by atoms with Crippen LogP contribution in [0.3, 0.4) is 0 Å². The van der Waals surface area contributed by atoms with Crippen molar-refractivity contribution in [3.05, 3.63) is 64.7 Å². The third-order valence-corrected chi connectivity index (χ3v) is 7.90. The summed E-state index contributed by atoms with van der Waals surface area (Å²) in [6.07, 6.45) is 4.70. The average molecular weight is 479 g/mol. The molecule has 1 aliphatic rings. The van der Waals surface area contributed by atoms with E-state index < -0.39 is 9.84 Å². The Morgan fingerprint density at radius 2 is 1.88 bits per heavy atom. The van der Waals surface area contributed by atoms with Gasteiger partial charge in [-0.15, -0.1) is 0 Å². The van der Waals surface area contributed by atoms with Crippen molar-refractivity contribution in [2.24, 2.45) is 5.73 Å². The van der Waals surface area contributed by atoms with Gasteiger partial charge in [0.15, 0.2) is 9.84 Å². The first kappa shape index (κ1) is 24.6. The van der Waals surface area contributed by atoms with Crippen LogP contribution >= 0.6 is 11.6 Å². The topological polar surface area (TPSA) is 89.7 Å². The van der Waals surface area contributed by atoms with Gasteiger partial charge in [-0.1, -0.05) is 35.9 Å².